The van der Waals surface area contributed by atoms with Crippen LogP contribution < -0.4 is 0 Å². The summed E-state index contributed by atoms with van der Waals surface area (Å²) < 4.78 is 5.17. The molecule has 0 saturated heterocycles. The molecule has 0 saturated carbocycles. The van der Waals surface area contributed by atoms with E-state index in [0.29, 0.717) is 6.61 Å². The van der Waals surface area contributed by atoms with Crippen molar-refractivity contribution in [2.75, 3.05) is 13.7 Å². The third-order valence-corrected chi connectivity index (χ3v) is 4.19. The van der Waals surface area contributed by atoms with E-state index in [-0.39, 0.29) is 0 Å². The van der Waals surface area contributed by atoms with Crippen LogP contribution in [0.1, 0.15) is 11.3 Å². The second-order valence-corrected chi connectivity index (χ2v) is 5.95. The van der Waals surface area contributed by atoms with Crippen LogP contribution in [0.4, 0.5) is 0 Å². The average molecular weight is 342 g/mol. The largest absolute Gasteiger partial charge is 0.381 e. The van der Waals surface area contributed by atoms with Gasteiger partial charge in [0.05, 0.1) is 17.8 Å². The van der Waals surface area contributed by atoms with Crippen molar-refractivity contribution in [1.29, 1.82) is 0 Å². The SMILES string of the molecule is C=C/C=C\C(=C/COC)c1ccc(-c2cc3ncccc3c(C)n2)cc1. The molecule has 0 N–H and O–H groups in total. The number of allylic oxidation sites excluding steroid dienone is 4. The maximum atomic E-state index is 5.17. The first kappa shape index (κ1) is 17.8. The summed E-state index contributed by atoms with van der Waals surface area (Å²) in [6, 6.07) is 14.4. The van der Waals surface area contributed by atoms with Crippen LogP contribution in [-0.4, -0.2) is 23.7 Å². The lowest BCUT2D eigenvalue weighted by atomic mass is 10.0. The Morgan fingerprint density at radius 1 is 1.19 bits per heavy atom. The van der Waals surface area contributed by atoms with Gasteiger partial charge in [-0.15, -0.1) is 0 Å². The summed E-state index contributed by atoms with van der Waals surface area (Å²) in [7, 11) is 1.69. The van der Waals surface area contributed by atoms with Gasteiger partial charge in [0, 0.05) is 30.0 Å². The van der Waals surface area contributed by atoms with Gasteiger partial charge in [-0.25, -0.2) is 0 Å². The molecule has 1 aromatic carbocycles. The van der Waals surface area contributed by atoms with Crippen molar-refractivity contribution in [3.8, 4) is 11.3 Å². The lowest BCUT2D eigenvalue weighted by molar-refractivity contribution is 0.234. The van der Waals surface area contributed by atoms with Gasteiger partial charge in [-0.3, -0.25) is 9.97 Å². The van der Waals surface area contributed by atoms with Gasteiger partial charge in [-0.1, -0.05) is 55.1 Å². The molecule has 2 aromatic heterocycles. The second kappa shape index (κ2) is 8.37. The molecule has 130 valence electrons. The zero-order valence-electron chi connectivity index (χ0n) is 15.1. The summed E-state index contributed by atoms with van der Waals surface area (Å²) >= 11 is 0. The number of pyridine rings is 2. The van der Waals surface area contributed by atoms with Gasteiger partial charge in [-0.2, -0.15) is 0 Å². The first-order valence-electron chi connectivity index (χ1n) is 8.54. The Hall–Kier alpha value is -3.04. The number of rotatable bonds is 6. The highest BCUT2D eigenvalue weighted by Crippen LogP contribution is 2.25. The van der Waals surface area contributed by atoms with Crippen molar-refractivity contribution in [2.24, 2.45) is 0 Å². The Labute approximate surface area is 154 Å². The highest BCUT2D eigenvalue weighted by Gasteiger charge is 2.06. The van der Waals surface area contributed by atoms with E-state index in [1.807, 2.05) is 37.4 Å². The zero-order chi connectivity index (χ0) is 18.4. The van der Waals surface area contributed by atoms with Gasteiger partial charge in [-0.05, 0) is 36.3 Å². The lowest BCUT2D eigenvalue weighted by Gasteiger charge is -2.08. The van der Waals surface area contributed by atoms with Crippen LogP contribution >= 0.6 is 0 Å². The van der Waals surface area contributed by atoms with E-state index in [0.717, 1.165) is 39.0 Å². The van der Waals surface area contributed by atoms with E-state index < -0.39 is 0 Å². The van der Waals surface area contributed by atoms with E-state index in [1.54, 1.807) is 13.2 Å². The minimum absolute atomic E-state index is 0.565. The fourth-order valence-corrected chi connectivity index (χ4v) is 2.85. The Kier molecular flexibility index (Phi) is 5.72. The van der Waals surface area contributed by atoms with E-state index in [9.17, 15) is 0 Å². The number of hydrogen-bond donors (Lipinski definition) is 0. The molecular weight excluding hydrogens is 320 g/mol. The number of methoxy groups -OCH3 is 1. The molecule has 0 radical (unpaired) electrons. The quantitative estimate of drug-likeness (QED) is 0.564. The molecule has 2 heterocycles. The molecular formula is C23H22N2O. The standard InChI is InChI=1S/C23H22N2O/c1-4-5-7-18(13-15-26-3)19-9-11-20(12-10-19)22-16-23-21(17(2)25-22)8-6-14-24-23/h4-14,16H,1,15H2,2-3H3/b7-5-,18-13+. The van der Waals surface area contributed by atoms with Gasteiger partial charge >= 0.3 is 0 Å². The second-order valence-electron chi connectivity index (χ2n) is 5.95. The fraction of sp³-hybridized carbons (Fsp3) is 0.130. The minimum Gasteiger partial charge on any atom is -0.381 e. The number of nitrogens with zero attached hydrogens (tertiary/aromatic N) is 2. The first-order valence-corrected chi connectivity index (χ1v) is 8.54. The number of aromatic nitrogens is 2. The first-order chi connectivity index (χ1) is 12.7. The van der Waals surface area contributed by atoms with Crippen LogP contribution in [0.25, 0.3) is 27.7 Å². The summed E-state index contributed by atoms with van der Waals surface area (Å²) in [5, 5.41) is 1.09. The monoisotopic (exact) mass is 342 g/mol. The summed E-state index contributed by atoms with van der Waals surface area (Å²) in [4.78, 5) is 9.20. The molecule has 3 rings (SSSR count). The van der Waals surface area contributed by atoms with Gasteiger partial charge in [0.2, 0.25) is 0 Å². The van der Waals surface area contributed by atoms with Crippen molar-refractivity contribution in [3.63, 3.8) is 0 Å². The van der Waals surface area contributed by atoms with Crippen LogP contribution in [0.15, 0.2) is 79.5 Å². The Morgan fingerprint density at radius 3 is 2.73 bits per heavy atom. The summed E-state index contributed by atoms with van der Waals surface area (Å²) in [6.45, 7) is 6.32. The molecule has 0 bridgehead atoms. The summed E-state index contributed by atoms with van der Waals surface area (Å²) in [6.07, 6.45) is 9.59. The van der Waals surface area contributed by atoms with Gasteiger partial charge in [0.15, 0.2) is 0 Å². The maximum Gasteiger partial charge on any atom is 0.0741 e. The van der Waals surface area contributed by atoms with E-state index in [2.05, 4.69) is 48.0 Å². The molecule has 0 aliphatic rings. The minimum atomic E-state index is 0.565. The smallest absolute Gasteiger partial charge is 0.0741 e. The summed E-state index contributed by atoms with van der Waals surface area (Å²) in [5.74, 6) is 0. The van der Waals surface area contributed by atoms with Crippen LogP contribution in [-0.2, 0) is 4.74 Å². The van der Waals surface area contributed by atoms with Crippen molar-refractivity contribution in [2.45, 2.75) is 6.92 Å². The fourth-order valence-electron chi connectivity index (χ4n) is 2.85. The molecule has 3 heteroatoms. The summed E-state index contributed by atoms with van der Waals surface area (Å²) in [5.41, 5.74) is 6.19. The van der Waals surface area contributed by atoms with Crippen LogP contribution in [0.2, 0.25) is 0 Å². The molecule has 0 fully saturated rings. The molecule has 0 spiro atoms. The predicted molar refractivity (Wildman–Crippen MR) is 109 cm³/mol. The van der Waals surface area contributed by atoms with Crippen molar-refractivity contribution in [1.82, 2.24) is 9.97 Å². The molecule has 3 nitrogen and oxygen atoms in total. The topological polar surface area (TPSA) is 35.0 Å². The molecule has 0 atom stereocenters. The Morgan fingerprint density at radius 2 is 2.00 bits per heavy atom. The Bertz CT molecular complexity index is 969. The molecule has 0 amide bonds. The number of hydrogen-bond acceptors (Lipinski definition) is 3. The van der Waals surface area contributed by atoms with Crippen molar-refractivity contribution >= 4 is 16.5 Å². The van der Waals surface area contributed by atoms with Crippen molar-refractivity contribution < 1.29 is 4.74 Å². The van der Waals surface area contributed by atoms with E-state index in [4.69, 9.17) is 9.72 Å². The number of benzene rings is 1. The maximum absolute atomic E-state index is 5.17. The predicted octanol–water partition coefficient (Wildman–Crippen LogP) is 5.38. The average Bonchev–Trinajstić information content (AvgIpc) is 2.68. The van der Waals surface area contributed by atoms with Crippen LogP contribution in [0.5, 0.6) is 0 Å². The number of fused-ring (bicyclic) bond motifs is 1. The third-order valence-electron chi connectivity index (χ3n) is 4.19. The lowest BCUT2D eigenvalue weighted by Crippen LogP contribution is -1.92. The number of aryl methyl sites for hydroxylation is 1. The molecule has 0 aliphatic heterocycles. The third kappa shape index (κ3) is 3.95. The van der Waals surface area contributed by atoms with E-state index in [1.165, 1.54) is 0 Å². The highest BCUT2D eigenvalue weighted by atomic mass is 16.5. The zero-order valence-corrected chi connectivity index (χ0v) is 15.1. The number of ether oxygens (including phenoxy) is 1. The van der Waals surface area contributed by atoms with Crippen LogP contribution in [0, 0.1) is 6.92 Å². The van der Waals surface area contributed by atoms with Gasteiger partial charge in [0.25, 0.3) is 0 Å². The van der Waals surface area contributed by atoms with E-state index >= 15 is 0 Å². The highest BCUT2D eigenvalue weighted by molar-refractivity contribution is 5.84. The van der Waals surface area contributed by atoms with Crippen LogP contribution in [0.3, 0.4) is 0 Å². The molecule has 0 aliphatic carbocycles. The molecule has 3 aromatic rings. The normalized spacial score (nSPS) is 12.0. The van der Waals surface area contributed by atoms with Crippen molar-refractivity contribution in [3.05, 3.63) is 90.8 Å². The molecule has 26 heavy (non-hydrogen) atoms. The Balaban J connectivity index is 1.96. The van der Waals surface area contributed by atoms with Gasteiger partial charge in [0.1, 0.15) is 0 Å². The molecule has 0 unspecified atom stereocenters. The van der Waals surface area contributed by atoms with Gasteiger partial charge < -0.3 is 4.74 Å².